The van der Waals surface area contributed by atoms with Gasteiger partial charge in [-0.25, -0.2) is 14.2 Å². The van der Waals surface area contributed by atoms with Gasteiger partial charge in [-0.1, -0.05) is 0 Å². The van der Waals surface area contributed by atoms with E-state index in [9.17, 15) is 14.3 Å². The van der Waals surface area contributed by atoms with Crippen LogP contribution in [0.4, 0.5) is 9.18 Å². The van der Waals surface area contributed by atoms with Crippen molar-refractivity contribution in [3.05, 3.63) is 54.2 Å². The van der Waals surface area contributed by atoms with Crippen LogP contribution in [0.2, 0.25) is 0 Å². The maximum Gasteiger partial charge on any atom is 0.407 e. The molecule has 1 amide bonds. The molecule has 27 heavy (non-hydrogen) atoms. The Labute approximate surface area is 156 Å². The number of ether oxygens (including phenoxy) is 1. The molecule has 1 aromatic carbocycles. The van der Waals surface area contributed by atoms with Gasteiger partial charge in [-0.2, -0.15) is 0 Å². The van der Waals surface area contributed by atoms with E-state index in [2.05, 4.69) is 10.3 Å². The molecule has 2 N–H and O–H groups in total. The minimum Gasteiger partial charge on any atom is -0.507 e. The van der Waals surface area contributed by atoms with E-state index in [1.807, 2.05) is 43.5 Å². The maximum absolute atomic E-state index is 13.2. The number of fused-ring (bicyclic) bond motifs is 1. The van der Waals surface area contributed by atoms with Gasteiger partial charge < -0.3 is 19.6 Å². The summed E-state index contributed by atoms with van der Waals surface area (Å²) in [6.45, 7) is 5.82. The fourth-order valence-electron chi connectivity index (χ4n) is 2.73. The van der Waals surface area contributed by atoms with Crippen LogP contribution >= 0.6 is 0 Å². The number of aromatic nitrogens is 2. The molecule has 0 fully saturated rings. The van der Waals surface area contributed by atoms with Crippen LogP contribution in [-0.4, -0.2) is 32.7 Å². The number of carbonyl (C=O) groups is 1. The van der Waals surface area contributed by atoms with E-state index in [1.54, 1.807) is 6.20 Å². The number of phenols is 1. The van der Waals surface area contributed by atoms with Crippen molar-refractivity contribution in [3.63, 3.8) is 0 Å². The molecule has 0 radical (unpaired) electrons. The Morgan fingerprint density at radius 1 is 1.30 bits per heavy atom. The molecule has 3 rings (SSSR count). The second-order valence-electron chi connectivity index (χ2n) is 7.24. The highest BCUT2D eigenvalue weighted by Gasteiger charge is 2.16. The Morgan fingerprint density at radius 3 is 2.78 bits per heavy atom. The van der Waals surface area contributed by atoms with Gasteiger partial charge in [-0.3, -0.25) is 0 Å². The highest BCUT2D eigenvalue weighted by molar-refractivity contribution is 5.71. The molecule has 0 aliphatic rings. The standard InChI is InChI=1S/C20H22FN3O3/c1-20(2,3)27-19(26)22-9-8-15-11-23-18-7-4-13(12-24(15)18)16-6-5-14(21)10-17(16)25/h4-7,10-12,25H,8-9H2,1-3H3,(H,22,26). The third kappa shape index (κ3) is 4.55. The Balaban J connectivity index is 1.76. The number of benzene rings is 1. The van der Waals surface area contributed by atoms with E-state index in [4.69, 9.17) is 4.74 Å². The first-order valence-corrected chi connectivity index (χ1v) is 8.65. The minimum atomic E-state index is -0.542. The summed E-state index contributed by atoms with van der Waals surface area (Å²) in [5.41, 5.74) is 2.36. The van der Waals surface area contributed by atoms with Gasteiger partial charge in [0.15, 0.2) is 0 Å². The topological polar surface area (TPSA) is 75.9 Å². The van der Waals surface area contributed by atoms with Gasteiger partial charge in [0.1, 0.15) is 22.8 Å². The van der Waals surface area contributed by atoms with Gasteiger partial charge in [0.05, 0.1) is 0 Å². The van der Waals surface area contributed by atoms with Gasteiger partial charge in [0.2, 0.25) is 0 Å². The number of pyridine rings is 1. The predicted molar refractivity (Wildman–Crippen MR) is 100 cm³/mol. The molecule has 0 saturated carbocycles. The van der Waals surface area contributed by atoms with E-state index in [-0.39, 0.29) is 5.75 Å². The lowest BCUT2D eigenvalue weighted by Crippen LogP contribution is -2.33. The van der Waals surface area contributed by atoms with Crippen LogP contribution in [0.15, 0.2) is 42.7 Å². The van der Waals surface area contributed by atoms with Crippen molar-refractivity contribution in [1.82, 2.24) is 14.7 Å². The van der Waals surface area contributed by atoms with E-state index in [1.165, 1.54) is 12.1 Å². The molecule has 6 nitrogen and oxygen atoms in total. The summed E-state index contributed by atoms with van der Waals surface area (Å²) in [6, 6.07) is 7.56. The average molecular weight is 371 g/mol. The quantitative estimate of drug-likeness (QED) is 0.729. The Morgan fingerprint density at radius 2 is 2.07 bits per heavy atom. The van der Waals surface area contributed by atoms with E-state index in [0.29, 0.717) is 18.5 Å². The summed E-state index contributed by atoms with van der Waals surface area (Å²) in [4.78, 5) is 16.1. The van der Waals surface area contributed by atoms with Gasteiger partial charge in [0.25, 0.3) is 0 Å². The zero-order valence-corrected chi connectivity index (χ0v) is 15.5. The Bertz CT molecular complexity index is 976. The van der Waals surface area contributed by atoms with Gasteiger partial charge >= 0.3 is 6.09 Å². The smallest absolute Gasteiger partial charge is 0.407 e. The molecular formula is C20H22FN3O3. The van der Waals surface area contributed by atoms with Crippen LogP contribution in [0.25, 0.3) is 16.8 Å². The van der Waals surface area contributed by atoms with Crippen LogP contribution in [0.3, 0.4) is 0 Å². The van der Waals surface area contributed by atoms with Crippen LogP contribution in [0.5, 0.6) is 5.75 Å². The number of imidazole rings is 1. The summed E-state index contributed by atoms with van der Waals surface area (Å²) < 4.78 is 20.3. The van der Waals surface area contributed by atoms with E-state index >= 15 is 0 Å². The SMILES string of the molecule is CC(C)(C)OC(=O)NCCc1cnc2ccc(-c3ccc(F)cc3O)cn12. The second kappa shape index (κ2) is 7.26. The molecule has 7 heteroatoms. The number of nitrogens with one attached hydrogen (secondary N) is 1. The van der Waals surface area contributed by atoms with Crippen LogP contribution in [0, 0.1) is 5.82 Å². The maximum atomic E-state index is 13.2. The number of halogens is 1. The first-order valence-electron chi connectivity index (χ1n) is 8.65. The number of aromatic hydroxyl groups is 1. The Hall–Kier alpha value is -3.09. The molecule has 3 aromatic rings. The van der Waals surface area contributed by atoms with Crippen LogP contribution in [-0.2, 0) is 11.2 Å². The highest BCUT2D eigenvalue weighted by Crippen LogP contribution is 2.30. The summed E-state index contributed by atoms with van der Waals surface area (Å²) in [6.07, 6.45) is 3.66. The van der Waals surface area contributed by atoms with Crippen molar-refractivity contribution in [2.75, 3.05) is 6.54 Å². The molecule has 0 aliphatic heterocycles. The number of rotatable bonds is 4. The molecular weight excluding hydrogens is 349 g/mol. The van der Waals surface area contributed by atoms with E-state index in [0.717, 1.165) is 23.0 Å². The Kier molecular flexibility index (Phi) is 5.03. The molecule has 142 valence electrons. The third-order valence-corrected chi connectivity index (χ3v) is 3.90. The molecule has 0 atom stereocenters. The number of hydrogen-bond donors (Lipinski definition) is 2. The van der Waals surface area contributed by atoms with Crippen molar-refractivity contribution in [1.29, 1.82) is 0 Å². The molecule has 0 aliphatic carbocycles. The van der Waals surface area contributed by atoms with E-state index < -0.39 is 17.5 Å². The molecule has 2 heterocycles. The number of carbonyl (C=O) groups excluding carboxylic acids is 1. The molecule has 0 saturated heterocycles. The van der Waals surface area contributed by atoms with Gasteiger partial charge in [0, 0.05) is 48.2 Å². The minimum absolute atomic E-state index is 0.123. The van der Waals surface area contributed by atoms with Crippen molar-refractivity contribution < 1.29 is 19.0 Å². The summed E-state index contributed by atoms with van der Waals surface area (Å²) >= 11 is 0. The average Bonchev–Trinajstić information content (AvgIpc) is 2.95. The molecule has 0 unspecified atom stereocenters. The molecule has 0 bridgehead atoms. The summed E-state index contributed by atoms with van der Waals surface area (Å²) in [5, 5.41) is 12.7. The fraction of sp³-hybridized carbons (Fsp3) is 0.300. The first kappa shape index (κ1) is 18.7. The van der Waals surface area contributed by atoms with Crippen molar-refractivity contribution >= 4 is 11.7 Å². The summed E-state index contributed by atoms with van der Waals surface area (Å²) in [5.74, 6) is -0.614. The second-order valence-corrected chi connectivity index (χ2v) is 7.24. The highest BCUT2D eigenvalue weighted by atomic mass is 19.1. The number of amides is 1. The van der Waals surface area contributed by atoms with Crippen molar-refractivity contribution in [2.24, 2.45) is 0 Å². The zero-order valence-electron chi connectivity index (χ0n) is 15.5. The normalized spacial score (nSPS) is 11.6. The molecule has 0 spiro atoms. The number of phenolic OH excluding ortho intramolecular Hbond substituents is 1. The van der Waals surface area contributed by atoms with Crippen LogP contribution in [0.1, 0.15) is 26.5 Å². The third-order valence-electron chi connectivity index (χ3n) is 3.90. The fourth-order valence-corrected chi connectivity index (χ4v) is 2.73. The van der Waals surface area contributed by atoms with Crippen molar-refractivity contribution in [2.45, 2.75) is 32.8 Å². The lowest BCUT2D eigenvalue weighted by Gasteiger charge is -2.19. The lowest BCUT2D eigenvalue weighted by molar-refractivity contribution is 0.0528. The number of alkyl carbamates (subject to hydrolysis) is 1. The number of hydrogen-bond acceptors (Lipinski definition) is 4. The van der Waals surface area contributed by atoms with Gasteiger partial charge in [-0.15, -0.1) is 0 Å². The first-order chi connectivity index (χ1) is 12.7. The van der Waals surface area contributed by atoms with Gasteiger partial charge in [-0.05, 0) is 45.0 Å². The monoisotopic (exact) mass is 371 g/mol. The molecule has 2 aromatic heterocycles. The predicted octanol–water partition coefficient (Wildman–Crippen LogP) is 3.91. The largest absolute Gasteiger partial charge is 0.507 e. The van der Waals surface area contributed by atoms with Crippen LogP contribution < -0.4 is 5.32 Å². The lowest BCUT2D eigenvalue weighted by atomic mass is 10.1. The van der Waals surface area contributed by atoms with Crippen molar-refractivity contribution in [3.8, 4) is 16.9 Å². The summed E-state index contributed by atoms with van der Waals surface area (Å²) in [7, 11) is 0. The number of nitrogens with zero attached hydrogens (tertiary/aromatic N) is 2. The zero-order chi connectivity index (χ0) is 19.6.